The van der Waals surface area contributed by atoms with E-state index >= 15 is 0 Å². The van der Waals surface area contributed by atoms with Crippen molar-refractivity contribution in [1.82, 2.24) is 10.2 Å². The van der Waals surface area contributed by atoms with Crippen LogP contribution in [0, 0.1) is 11.3 Å². The molecular formula is C18H25N3O2. The fraction of sp³-hybridized carbons (Fsp3) is 0.556. The average Bonchev–Trinajstić information content (AvgIpc) is 3.38. The number of urea groups is 1. The Morgan fingerprint density at radius 2 is 1.83 bits per heavy atom. The Balaban J connectivity index is 1.51. The van der Waals surface area contributed by atoms with E-state index in [-0.39, 0.29) is 11.9 Å². The van der Waals surface area contributed by atoms with Crippen molar-refractivity contribution in [2.45, 2.75) is 38.6 Å². The lowest BCUT2D eigenvalue weighted by Gasteiger charge is -2.39. The van der Waals surface area contributed by atoms with Crippen LogP contribution in [0.25, 0.3) is 0 Å². The van der Waals surface area contributed by atoms with E-state index < -0.39 is 5.41 Å². The number of amides is 3. The summed E-state index contributed by atoms with van der Waals surface area (Å²) in [4.78, 5) is 26.0. The third kappa shape index (κ3) is 3.84. The maximum atomic E-state index is 12.3. The van der Waals surface area contributed by atoms with Gasteiger partial charge in [0.2, 0.25) is 5.91 Å². The highest BCUT2D eigenvalue weighted by Crippen LogP contribution is 2.45. The van der Waals surface area contributed by atoms with Crippen molar-refractivity contribution in [2.75, 3.05) is 13.1 Å². The van der Waals surface area contributed by atoms with E-state index in [1.54, 1.807) is 4.90 Å². The van der Waals surface area contributed by atoms with E-state index in [2.05, 4.69) is 5.32 Å². The fourth-order valence-corrected chi connectivity index (χ4v) is 3.45. The van der Waals surface area contributed by atoms with Gasteiger partial charge in [0.05, 0.1) is 5.41 Å². The number of likely N-dealkylation sites (tertiary alicyclic amines) is 1. The number of carbonyl (C=O) groups excluding carboxylic acids is 2. The van der Waals surface area contributed by atoms with Crippen LogP contribution >= 0.6 is 0 Å². The Bertz CT molecular complexity index is 561. The van der Waals surface area contributed by atoms with Gasteiger partial charge >= 0.3 is 6.03 Å². The third-order valence-corrected chi connectivity index (χ3v) is 5.19. The first-order chi connectivity index (χ1) is 11.1. The van der Waals surface area contributed by atoms with Crippen molar-refractivity contribution < 1.29 is 9.59 Å². The van der Waals surface area contributed by atoms with Crippen LogP contribution in [0.4, 0.5) is 4.79 Å². The van der Waals surface area contributed by atoms with Gasteiger partial charge in [-0.2, -0.15) is 0 Å². The molecule has 5 nitrogen and oxygen atoms in total. The minimum atomic E-state index is -0.391. The molecule has 3 rings (SSSR count). The van der Waals surface area contributed by atoms with Gasteiger partial charge in [-0.3, -0.25) is 4.79 Å². The van der Waals surface area contributed by atoms with Gasteiger partial charge in [-0.05, 0) is 30.7 Å². The molecule has 1 aliphatic heterocycles. The predicted molar refractivity (Wildman–Crippen MR) is 88.5 cm³/mol. The number of primary amides is 1. The molecule has 1 aromatic rings. The van der Waals surface area contributed by atoms with Gasteiger partial charge in [-0.25, -0.2) is 4.79 Å². The number of benzene rings is 1. The lowest BCUT2D eigenvalue weighted by Crippen LogP contribution is -2.51. The molecule has 2 fully saturated rings. The molecule has 0 unspecified atom stereocenters. The molecule has 124 valence electrons. The molecule has 1 heterocycles. The van der Waals surface area contributed by atoms with Crippen LogP contribution in [0.2, 0.25) is 0 Å². The second-order valence-corrected chi connectivity index (χ2v) is 6.92. The van der Waals surface area contributed by atoms with Crippen LogP contribution in [-0.4, -0.2) is 29.9 Å². The summed E-state index contributed by atoms with van der Waals surface area (Å²) in [6.45, 7) is 1.74. The molecule has 1 aromatic carbocycles. The van der Waals surface area contributed by atoms with E-state index in [0.29, 0.717) is 38.4 Å². The van der Waals surface area contributed by atoms with Gasteiger partial charge in [0.25, 0.3) is 0 Å². The van der Waals surface area contributed by atoms with E-state index in [9.17, 15) is 9.59 Å². The Morgan fingerprint density at radius 1 is 1.17 bits per heavy atom. The number of nitrogens with one attached hydrogen (secondary N) is 1. The van der Waals surface area contributed by atoms with Crippen LogP contribution in [0.3, 0.4) is 0 Å². The number of nitrogens with zero attached hydrogens (tertiary/aromatic N) is 1. The van der Waals surface area contributed by atoms with Gasteiger partial charge in [0.15, 0.2) is 0 Å². The zero-order valence-corrected chi connectivity index (χ0v) is 13.5. The molecule has 1 saturated carbocycles. The van der Waals surface area contributed by atoms with Gasteiger partial charge in [-0.15, -0.1) is 0 Å². The zero-order valence-electron chi connectivity index (χ0n) is 13.5. The molecule has 0 radical (unpaired) electrons. The third-order valence-electron chi connectivity index (χ3n) is 5.19. The van der Waals surface area contributed by atoms with Crippen molar-refractivity contribution in [3.05, 3.63) is 35.9 Å². The van der Waals surface area contributed by atoms with E-state index in [4.69, 9.17) is 5.73 Å². The highest BCUT2D eigenvalue weighted by molar-refractivity contribution is 5.81. The Hall–Kier alpha value is -2.04. The number of hydrogen-bond acceptors (Lipinski definition) is 2. The van der Waals surface area contributed by atoms with Crippen molar-refractivity contribution >= 4 is 11.9 Å². The minimum Gasteiger partial charge on any atom is -0.369 e. The first-order valence-corrected chi connectivity index (χ1v) is 8.46. The molecule has 5 heteroatoms. The SMILES string of the molecule is NC(=O)C1(CC2CC2)CCN(C(=O)NCc2ccccc2)CC1. The van der Waals surface area contributed by atoms with Gasteiger partial charge in [-0.1, -0.05) is 43.2 Å². The molecular weight excluding hydrogens is 290 g/mol. The van der Waals surface area contributed by atoms with Crippen molar-refractivity contribution in [3.8, 4) is 0 Å². The van der Waals surface area contributed by atoms with Gasteiger partial charge in [0.1, 0.15) is 0 Å². The second-order valence-electron chi connectivity index (χ2n) is 6.92. The highest BCUT2D eigenvalue weighted by Gasteiger charge is 2.44. The molecule has 1 saturated heterocycles. The summed E-state index contributed by atoms with van der Waals surface area (Å²) in [5, 5.41) is 2.95. The van der Waals surface area contributed by atoms with Crippen molar-refractivity contribution in [2.24, 2.45) is 17.1 Å². The first-order valence-electron chi connectivity index (χ1n) is 8.46. The molecule has 0 atom stereocenters. The summed E-state index contributed by atoms with van der Waals surface area (Å²) in [7, 11) is 0. The number of hydrogen-bond donors (Lipinski definition) is 2. The quantitative estimate of drug-likeness (QED) is 0.874. The summed E-state index contributed by atoms with van der Waals surface area (Å²) in [6.07, 6.45) is 4.73. The minimum absolute atomic E-state index is 0.0571. The van der Waals surface area contributed by atoms with Gasteiger partial charge in [0, 0.05) is 19.6 Å². The Labute approximate surface area is 137 Å². The molecule has 0 bridgehead atoms. The first kappa shape index (κ1) is 15.8. The van der Waals surface area contributed by atoms with Crippen LogP contribution in [0.5, 0.6) is 0 Å². The van der Waals surface area contributed by atoms with Crippen molar-refractivity contribution in [3.63, 3.8) is 0 Å². The molecule has 3 N–H and O–H groups in total. The lowest BCUT2D eigenvalue weighted by atomic mass is 9.73. The van der Waals surface area contributed by atoms with Crippen LogP contribution < -0.4 is 11.1 Å². The monoisotopic (exact) mass is 315 g/mol. The van der Waals surface area contributed by atoms with Crippen molar-refractivity contribution in [1.29, 1.82) is 0 Å². The van der Waals surface area contributed by atoms with Crippen LogP contribution in [0.1, 0.15) is 37.7 Å². The maximum Gasteiger partial charge on any atom is 0.317 e. The smallest absolute Gasteiger partial charge is 0.317 e. The fourth-order valence-electron chi connectivity index (χ4n) is 3.45. The van der Waals surface area contributed by atoms with Crippen LogP contribution in [0.15, 0.2) is 30.3 Å². The number of rotatable bonds is 5. The highest BCUT2D eigenvalue weighted by atomic mass is 16.2. The summed E-state index contributed by atoms with van der Waals surface area (Å²) >= 11 is 0. The molecule has 0 spiro atoms. The maximum absolute atomic E-state index is 12.3. The summed E-state index contributed by atoms with van der Waals surface area (Å²) < 4.78 is 0. The standard InChI is InChI=1S/C18H25N3O2/c19-16(22)18(12-14-6-7-14)8-10-21(11-9-18)17(23)20-13-15-4-2-1-3-5-15/h1-5,14H,6-13H2,(H2,19,22)(H,20,23). The number of carbonyl (C=O) groups is 2. The predicted octanol–water partition coefficient (Wildman–Crippen LogP) is 2.26. The van der Waals surface area contributed by atoms with E-state index in [1.165, 1.54) is 12.8 Å². The molecule has 3 amide bonds. The summed E-state index contributed by atoms with van der Waals surface area (Å²) in [6, 6.07) is 9.80. The summed E-state index contributed by atoms with van der Waals surface area (Å²) in [5.74, 6) is 0.481. The van der Waals surface area contributed by atoms with Crippen LogP contribution in [-0.2, 0) is 11.3 Å². The van der Waals surface area contributed by atoms with Gasteiger partial charge < -0.3 is 16.0 Å². The Morgan fingerprint density at radius 3 is 2.39 bits per heavy atom. The molecule has 2 aliphatic rings. The van der Waals surface area contributed by atoms with E-state index in [0.717, 1.165) is 12.0 Å². The topological polar surface area (TPSA) is 75.4 Å². The van der Waals surface area contributed by atoms with E-state index in [1.807, 2.05) is 30.3 Å². The lowest BCUT2D eigenvalue weighted by molar-refractivity contribution is -0.130. The normalized spacial score (nSPS) is 20.1. The summed E-state index contributed by atoms with van der Waals surface area (Å²) in [5.41, 5.74) is 6.37. The zero-order chi connectivity index (χ0) is 16.3. The molecule has 0 aromatic heterocycles. The largest absolute Gasteiger partial charge is 0.369 e. The number of piperidine rings is 1. The second kappa shape index (κ2) is 6.60. The molecule has 23 heavy (non-hydrogen) atoms. The average molecular weight is 315 g/mol. The number of nitrogens with two attached hydrogens (primary N) is 1. The molecule has 1 aliphatic carbocycles. The Kier molecular flexibility index (Phi) is 4.55.